The minimum Gasteiger partial charge on any atom is -0.489 e. The van der Waals surface area contributed by atoms with Crippen LogP contribution in [0.25, 0.3) is 0 Å². The molecular weight excluding hydrogens is 350 g/mol. The Labute approximate surface area is 167 Å². The van der Waals surface area contributed by atoms with Crippen molar-refractivity contribution in [2.24, 2.45) is 0 Å². The molecule has 0 unspecified atom stereocenters. The molecular formula is C23H29N3O2. The van der Waals surface area contributed by atoms with E-state index >= 15 is 0 Å². The number of carbonyl (C=O) groups is 1. The van der Waals surface area contributed by atoms with E-state index in [0.29, 0.717) is 6.61 Å². The van der Waals surface area contributed by atoms with Gasteiger partial charge in [0.25, 0.3) is 0 Å². The van der Waals surface area contributed by atoms with Crippen molar-refractivity contribution < 1.29 is 9.53 Å². The van der Waals surface area contributed by atoms with E-state index in [9.17, 15) is 4.79 Å². The number of ether oxygens (including phenoxy) is 1. The zero-order valence-electron chi connectivity index (χ0n) is 16.4. The molecule has 5 nitrogen and oxygen atoms in total. The maximum atomic E-state index is 12.5. The minimum atomic E-state index is 0.233. The molecule has 2 aromatic carbocycles. The molecule has 2 saturated heterocycles. The first kappa shape index (κ1) is 18.8. The highest BCUT2D eigenvalue weighted by Gasteiger charge is 2.26. The zero-order chi connectivity index (χ0) is 19.2. The van der Waals surface area contributed by atoms with Crippen LogP contribution in [0.2, 0.25) is 0 Å². The normalized spacial score (nSPS) is 17.7. The maximum Gasteiger partial charge on any atom is 0.320 e. The molecule has 148 valence electrons. The quantitative estimate of drug-likeness (QED) is 0.796. The average Bonchev–Trinajstić information content (AvgIpc) is 3.29. The van der Waals surface area contributed by atoms with Crippen LogP contribution in [0, 0.1) is 0 Å². The first-order valence-corrected chi connectivity index (χ1v) is 10.3. The topological polar surface area (TPSA) is 36.0 Å². The Hall–Kier alpha value is -2.53. The van der Waals surface area contributed by atoms with Gasteiger partial charge in [-0.15, -0.1) is 0 Å². The number of rotatable bonds is 5. The SMILES string of the molecule is O=C(N1CCCC1)N1CCN(Cc2ccc(OCc3ccccc3)cc2)CC1. The molecule has 4 rings (SSSR count). The fraction of sp³-hybridized carbons (Fsp3) is 0.435. The smallest absolute Gasteiger partial charge is 0.320 e. The molecule has 2 aliphatic heterocycles. The van der Waals surface area contributed by atoms with Crippen LogP contribution in [0.15, 0.2) is 54.6 Å². The lowest BCUT2D eigenvalue weighted by atomic mass is 10.2. The van der Waals surface area contributed by atoms with E-state index in [4.69, 9.17) is 4.74 Å². The molecule has 2 aliphatic rings. The molecule has 0 bridgehead atoms. The van der Waals surface area contributed by atoms with Crippen molar-refractivity contribution in [2.75, 3.05) is 39.3 Å². The Balaban J connectivity index is 1.22. The number of hydrogen-bond acceptors (Lipinski definition) is 3. The zero-order valence-corrected chi connectivity index (χ0v) is 16.4. The van der Waals surface area contributed by atoms with Gasteiger partial charge in [0.15, 0.2) is 0 Å². The molecule has 0 atom stereocenters. The van der Waals surface area contributed by atoms with Gasteiger partial charge in [0.2, 0.25) is 0 Å². The molecule has 28 heavy (non-hydrogen) atoms. The van der Waals surface area contributed by atoms with Crippen molar-refractivity contribution >= 4 is 6.03 Å². The van der Waals surface area contributed by atoms with Gasteiger partial charge in [-0.1, -0.05) is 42.5 Å². The number of piperazine rings is 1. The summed E-state index contributed by atoms with van der Waals surface area (Å²) in [5.74, 6) is 0.897. The molecule has 2 aromatic rings. The Morgan fingerprint density at radius 3 is 2.07 bits per heavy atom. The van der Waals surface area contributed by atoms with Gasteiger partial charge in [-0.2, -0.15) is 0 Å². The third-order valence-corrected chi connectivity index (χ3v) is 5.60. The van der Waals surface area contributed by atoms with E-state index in [-0.39, 0.29) is 6.03 Å². The average molecular weight is 380 g/mol. The van der Waals surface area contributed by atoms with Gasteiger partial charge >= 0.3 is 6.03 Å². The number of likely N-dealkylation sites (tertiary alicyclic amines) is 1. The lowest BCUT2D eigenvalue weighted by molar-refractivity contribution is 0.115. The summed E-state index contributed by atoms with van der Waals surface area (Å²) >= 11 is 0. The summed E-state index contributed by atoms with van der Waals surface area (Å²) in [5, 5.41) is 0. The second kappa shape index (κ2) is 9.11. The molecule has 0 N–H and O–H groups in total. The lowest BCUT2D eigenvalue weighted by Crippen LogP contribution is -2.52. The van der Waals surface area contributed by atoms with Crippen LogP contribution in [0.3, 0.4) is 0 Å². The van der Waals surface area contributed by atoms with Crippen LogP contribution in [0.1, 0.15) is 24.0 Å². The largest absolute Gasteiger partial charge is 0.489 e. The molecule has 2 amide bonds. The van der Waals surface area contributed by atoms with Crippen LogP contribution < -0.4 is 4.74 Å². The number of urea groups is 1. The van der Waals surface area contributed by atoms with Gasteiger partial charge in [0.05, 0.1) is 0 Å². The first-order chi connectivity index (χ1) is 13.8. The number of hydrogen-bond donors (Lipinski definition) is 0. The van der Waals surface area contributed by atoms with Gasteiger partial charge < -0.3 is 14.5 Å². The van der Waals surface area contributed by atoms with Gasteiger partial charge in [-0.25, -0.2) is 4.79 Å². The van der Waals surface area contributed by atoms with E-state index in [1.807, 2.05) is 40.1 Å². The van der Waals surface area contributed by atoms with Crippen LogP contribution in [-0.2, 0) is 13.2 Å². The Kier molecular flexibility index (Phi) is 6.12. The number of nitrogens with zero attached hydrogens (tertiary/aromatic N) is 3. The van der Waals surface area contributed by atoms with Crippen LogP contribution in [0.4, 0.5) is 4.79 Å². The van der Waals surface area contributed by atoms with Gasteiger partial charge in [0.1, 0.15) is 12.4 Å². The van der Waals surface area contributed by atoms with Crippen molar-refractivity contribution in [1.82, 2.24) is 14.7 Å². The van der Waals surface area contributed by atoms with E-state index in [1.165, 1.54) is 11.1 Å². The molecule has 0 saturated carbocycles. The minimum absolute atomic E-state index is 0.233. The fourth-order valence-corrected chi connectivity index (χ4v) is 3.90. The predicted octanol–water partition coefficient (Wildman–Crippen LogP) is 3.60. The van der Waals surface area contributed by atoms with Crippen LogP contribution in [-0.4, -0.2) is 60.0 Å². The summed E-state index contributed by atoms with van der Waals surface area (Å²) in [7, 11) is 0. The van der Waals surface area contributed by atoms with Crippen LogP contribution >= 0.6 is 0 Å². The van der Waals surface area contributed by atoms with Crippen molar-refractivity contribution in [2.45, 2.75) is 26.0 Å². The van der Waals surface area contributed by atoms with E-state index in [1.54, 1.807) is 0 Å². The molecule has 0 spiro atoms. The maximum absolute atomic E-state index is 12.5. The summed E-state index contributed by atoms with van der Waals surface area (Å²) in [6, 6.07) is 18.8. The van der Waals surface area contributed by atoms with Crippen molar-refractivity contribution in [3.05, 3.63) is 65.7 Å². The summed E-state index contributed by atoms with van der Waals surface area (Å²) in [6.07, 6.45) is 2.30. The van der Waals surface area contributed by atoms with Gasteiger partial charge in [0, 0.05) is 45.8 Å². The summed E-state index contributed by atoms with van der Waals surface area (Å²) in [5.41, 5.74) is 2.46. The molecule has 0 aliphatic carbocycles. The molecule has 0 radical (unpaired) electrons. The molecule has 5 heteroatoms. The summed E-state index contributed by atoms with van der Waals surface area (Å²) in [4.78, 5) is 18.9. The van der Waals surface area contributed by atoms with E-state index < -0.39 is 0 Å². The van der Waals surface area contributed by atoms with Gasteiger partial charge in [-0.05, 0) is 36.1 Å². The molecule has 0 aromatic heterocycles. The third-order valence-electron chi connectivity index (χ3n) is 5.60. The molecule has 2 fully saturated rings. The highest BCUT2D eigenvalue weighted by Crippen LogP contribution is 2.17. The Morgan fingerprint density at radius 2 is 1.39 bits per heavy atom. The predicted molar refractivity (Wildman–Crippen MR) is 110 cm³/mol. The highest BCUT2D eigenvalue weighted by atomic mass is 16.5. The van der Waals surface area contributed by atoms with E-state index in [2.05, 4.69) is 29.2 Å². The van der Waals surface area contributed by atoms with Gasteiger partial charge in [-0.3, -0.25) is 4.90 Å². The number of carbonyl (C=O) groups excluding carboxylic acids is 1. The summed E-state index contributed by atoms with van der Waals surface area (Å²) < 4.78 is 5.86. The highest BCUT2D eigenvalue weighted by molar-refractivity contribution is 5.74. The number of amides is 2. The van der Waals surface area contributed by atoms with Crippen molar-refractivity contribution in [3.63, 3.8) is 0 Å². The lowest BCUT2D eigenvalue weighted by Gasteiger charge is -2.36. The van der Waals surface area contributed by atoms with Crippen LogP contribution in [0.5, 0.6) is 5.75 Å². The van der Waals surface area contributed by atoms with Crippen molar-refractivity contribution in [3.8, 4) is 5.75 Å². The standard InChI is InChI=1S/C23H29N3O2/c27-23(25-12-4-5-13-25)26-16-14-24(15-17-26)18-20-8-10-22(11-9-20)28-19-21-6-2-1-3-7-21/h1-3,6-11H,4-5,12-19H2. The molecule has 2 heterocycles. The Bertz CT molecular complexity index is 749. The van der Waals surface area contributed by atoms with Crippen molar-refractivity contribution in [1.29, 1.82) is 0 Å². The second-order valence-corrected chi connectivity index (χ2v) is 7.66. The first-order valence-electron chi connectivity index (χ1n) is 10.3. The Morgan fingerprint density at radius 1 is 0.750 bits per heavy atom. The second-order valence-electron chi connectivity index (χ2n) is 7.66. The van der Waals surface area contributed by atoms with E-state index in [0.717, 1.165) is 64.4 Å². The third kappa shape index (κ3) is 4.84. The monoisotopic (exact) mass is 379 g/mol. The number of benzene rings is 2. The fourth-order valence-electron chi connectivity index (χ4n) is 3.90. The summed E-state index contributed by atoms with van der Waals surface area (Å²) in [6.45, 7) is 6.90.